The number of nitrogens with two attached hydrogens (primary N) is 1. The van der Waals surface area contributed by atoms with Crippen molar-refractivity contribution in [2.24, 2.45) is 0 Å². The zero-order chi connectivity index (χ0) is 20.1. The summed E-state index contributed by atoms with van der Waals surface area (Å²) in [6.45, 7) is 3.00. The lowest BCUT2D eigenvalue weighted by Gasteiger charge is -2.21. The maximum Gasteiger partial charge on any atom is 0.204 e. The second-order valence-corrected chi connectivity index (χ2v) is 6.42. The molecule has 0 aliphatic carbocycles. The SMILES string of the molecule is CCCC(=Cc1ccc2c(c1OC)OCCO2)C(=O)c1ccc(N)c(OC)c1. The van der Waals surface area contributed by atoms with E-state index < -0.39 is 0 Å². The fourth-order valence-corrected chi connectivity index (χ4v) is 3.18. The minimum absolute atomic E-state index is 0.0721. The number of benzene rings is 2. The predicted molar refractivity (Wildman–Crippen MR) is 109 cm³/mol. The zero-order valence-electron chi connectivity index (χ0n) is 16.4. The largest absolute Gasteiger partial charge is 0.495 e. The van der Waals surface area contributed by atoms with Gasteiger partial charge in [-0.25, -0.2) is 0 Å². The molecule has 0 fully saturated rings. The number of hydrogen-bond acceptors (Lipinski definition) is 6. The molecule has 148 valence electrons. The lowest BCUT2D eigenvalue weighted by Crippen LogP contribution is -2.16. The summed E-state index contributed by atoms with van der Waals surface area (Å²) < 4.78 is 22.1. The Morgan fingerprint density at radius 3 is 2.64 bits per heavy atom. The molecule has 1 aliphatic heterocycles. The average Bonchev–Trinajstić information content (AvgIpc) is 2.73. The molecule has 2 aromatic carbocycles. The average molecular weight is 383 g/mol. The summed E-state index contributed by atoms with van der Waals surface area (Å²) in [5, 5.41) is 0. The third kappa shape index (κ3) is 3.91. The van der Waals surface area contributed by atoms with Crippen LogP contribution in [0.4, 0.5) is 5.69 Å². The Bertz CT molecular complexity index is 904. The topological polar surface area (TPSA) is 80.0 Å². The molecule has 0 atom stereocenters. The molecule has 0 radical (unpaired) electrons. The van der Waals surface area contributed by atoms with Crippen LogP contribution in [-0.4, -0.2) is 33.2 Å². The first-order chi connectivity index (χ1) is 13.6. The van der Waals surface area contributed by atoms with Gasteiger partial charge in [-0.3, -0.25) is 4.79 Å². The Morgan fingerprint density at radius 2 is 1.93 bits per heavy atom. The first-order valence-electron chi connectivity index (χ1n) is 9.24. The minimum Gasteiger partial charge on any atom is -0.495 e. The summed E-state index contributed by atoms with van der Waals surface area (Å²) in [4.78, 5) is 13.1. The van der Waals surface area contributed by atoms with E-state index in [1.54, 1.807) is 25.3 Å². The molecule has 0 spiro atoms. The van der Waals surface area contributed by atoms with E-state index in [0.29, 0.717) is 59.5 Å². The van der Waals surface area contributed by atoms with Gasteiger partial charge in [0.15, 0.2) is 17.3 Å². The lowest BCUT2D eigenvalue weighted by molar-refractivity contribution is 0.103. The number of allylic oxidation sites excluding steroid dienone is 1. The lowest BCUT2D eigenvalue weighted by atomic mass is 9.96. The van der Waals surface area contributed by atoms with E-state index in [4.69, 9.17) is 24.7 Å². The van der Waals surface area contributed by atoms with Gasteiger partial charge < -0.3 is 24.7 Å². The molecule has 3 rings (SSSR count). The molecular formula is C22H25NO5. The summed E-state index contributed by atoms with van der Waals surface area (Å²) in [5.74, 6) is 2.19. The fraction of sp³-hybridized carbons (Fsp3) is 0.318. The molecule has 0 saturated carbocycles. The first kappa shape index (κ1) is 19.6. The summed E-state index contributed by atoms with van der Waals surface area (Å²) in [5.41, 5.74) is 8.33. The summed E-state index contributed by atoms with van der Waals surface area (Å²) in [6.07, 6.45) is 3.31. The fourth-order valence-electron chi connectivity index (χ4n) is 3.18. The van der Waals surface area contributed by atoms with Crippen LogP contribution < -0.4 is 24.7 Å². The van der Waals surface area contributed by atoms with Crippen molar-refractivity contribution in [3.05, 3.63) is 47.0 Å². The van der Waals surface area contributed by atoms with Gasteiger partial charge in [-0.2, -0.15) is 0 Å². The third-order valence-corrected chi connectivity index (χ3v) is 4.53. The van der Waals surface area contributed by atoms with Crippen molar-refractivity contribution in [2.45, 2.75) is 19.8 Å². The highest BCUT2D eigenvalue weighted by molar-refractivity contribution is 6.11. The number of hydrogen-bond donors (Lipinski definition) is 1. The van der Waals surface area contributed by atoms with E-state index in [0.717, 1.165) is 12.0 Å². The van der Waals surface area contributed by atoms with E-state index in [1.165, 1.54) is 7.11 Å². The second kappa shape index (κ2) is 8.69. The molecule has 1 heterocycles. The van der Waals surface area contributed by atoms with Gasteiger partial charge in [0.2, 0.25) is 5.75 Å². The number of Topliss-reactive ketones (excluding diaryl/α,β-unsaturated/α-hetero) is 1. The van der Waals surface area contributed by atoms with E-state index in [2.05, 4.69) is 0 Å². The quantitative estimate of drug-likeness (QED) is 0.440. The molecule has 0 amide bonds. The van der Waals surface area contributed by atoms with Gasteiger partial charge >= 0.3 is 0 Å². The Labute approximate surface area is 164 Å². The van der Waals surface area contributed by atoms with Crippen LogP contribution in [-0.2, 0) is 0 Å². The van der Waals surface area contributed by atoms with Crippen LogP contribution >= 0.6 is 0 Å². The summed E-state index contributed by atoms with van der Waals surface area (Å²) in [7, 11) is 3.11. The molecule has 6 heteroatoms. The summed E-state index contributed by atoms with van der Waals surface area (Å²) in [6, 6.07) is 8.77. The van der Waals surface area contributed by atoms with E-state index >= 15 is 0 Å². The van der Waals surface area contributed by atoms with Gasteiger partial charge in [-0.1, -0.05) is 13.3 Å². The molecule has 28 heavy (non-hydrogen) atoms. The normalized spacial score (nSPS) is 13.2. The smallest absolute Gasteiger partial charge is 0.204 e. The number of fused-ring (bicyclic) bond motifs is 1. The Hall–Kier alpha value is -3.15. The van der Waals surface area contributed by atoms with Crippen molar-refractivity contribution in [1.29, 1.82) is 0 Å². The Kier molecular flexibility index (Phi) is 6.09. The number of carbonyl (C=O) groups excluding carboxylic acids is 1. The number of nitrogen functional groups attached to an aromatic ring is 1. The maximum absolute atomic E-state index is 13.1. The molecule has 2 aromatic rings. The van der Waals surface area contributed by atoms with Crippen LogP contribution in [0.1, 0.15) is 35.7 Å². The molecule has 2 N–H and O–H groups in total. The number of carbonyl (C=O) groups is 1. The highest BCUT2D eigenvalue weighted by atomic mass is 16.6. The number of ether oxygens (including phenoxy) is 4. The standard InChI is InChI=1S/C22H25NO5/c1-4-5-14(20(24)15-6-8-17(23)19(13-15)25-2)12-16-7-9-18-22(21(16)26-3)28-11-10-27-18/h6-9,12-13H,4-5,10-11,23H2,1-3H3. The number of ketones is 1. The number of anilines is 1. The van der Waals surface area contributed by atoms with Gasteiger partial charge in [0, 0.05) is 16.7 Å². The van der Waals surface area contributed by atoms with Crippen LogP contribution in [0.15, 0.2) is 35.9 Å². The highest BCUT2D eigenvalue weighted by Gasteiger charge is 2.21. The third-order valence-electron chi connectivity index (χ3n) is 4.53. The van der Waals surface area contributed by atoms with Crippen LogP contribution in [0, 0.1) is 0 Å². The van der Waals surface area contributed by atoms with E-state index in [1.807, 2.05) is 25.1 Å². The van der Waals surface area contributed by atoms with Crippen LogP contribution in [0.25, 0.3) is 6.08 Å². The van der Waals surface area contributed by atoms with Crippen LogP contribution in [0.3, 0.4) is 0 Å². The number of methoxy groups -OCH3 is 2. The summed E-state index contributed by atoms with van der Waals surface area (Å²) >= 11 is 0. The zero-order valence-corrected chi connectivity index (χ0v) is 16.4. The molecule has 1 aliphatic rings. The molecule has 0 saturated heterocycles. The van der Waals surface area contributed by atoms with Crippen molar-refractivity contribution in [2.75, 3.05) is 33.2 Å². The minimum atomic E-state index is -0.0721. The molecule has 0 unspecified atom stereocenters. The van der Waals surface area contributed by atoms with Gasteiger partial charge in [0.25, 0.3) is 0 Å². The molecule has 0 bridgehead atoms. The van der Waals surface area contributed by atoms with Crippen molar-refractivity contribution < 1.29 is 23.7 Å². The second-order valence-electron chi connectivity index (χ2n) is 6.42. The Balaban J connectivity index is 2.02. The van der Waals surface area contributed by atoms with Crippen LogP contribution in [0.2, 0.25) is 0 Å². The first-order valence-corrected chi connectivity index (χ1v) is 9.24. The van der Waals surface area contributed by atoms with Crippen molar-refractivity contribution >= 4 is 17.5 Å². The van der Waals surface area contributed by atoms with Gasteiger partial charge in [-0.15, -0.1) is 0 Å². The Morgan fingerprint density at radius 1 is 1.14 bits per heavy atom. The maximum atomic E-state index is 13.1. The van der Waals surface area contributed by atoms with Crippen molar-refractivity contribution in [1.82, 2.24) is 0 Å². The van der Waals surface area contributed by atoms with Crippen molar-refractivity contribution in [3.63, 3.8) is 0 Å². The molecular weight excluding hydrogens is 358 g/mol. The van der Waals surface area contributed by atoms with Crippen LogP contribution in [0.5, 0.6) is 23.0 Å². The van der Waals surface area contributed by atoms with Gasteiger partial charge in [-0.05, 0) is 42.8 Å². The number of rotatable bonds is 7. The van der Waals surface area contributed by atoms with Gasteiger partial charge in [0.1, 0.15) is 19.0 Å². The highest BCUT2D eigenvalue weighted by Crippen LogP contribution is 2.42. The molecule has 0 aromatic heterocycles. The monoisotopic (exact) mass is 383 g/mol. The molecule has 6 nitrogen and oxygen atoms in total. The van der Waals surface area contributed by atoms with Crippen molar-refractivity contribution in [3.8, 4) is 23.0 Å². The van der Waals surface area contributed by atoms with Gasteiger partial charge in [0.05, 0.1) is 19.9 Å². The predicted octanol–water partition coefficient (Wildman–Crippen LogP) is 4.12. The van der Waals surface area contributed by atoms with E-state index in [9.17, 15) is 4.79 Å². The van der Waals surface area contributed by atoms with E-state index in [-0.39, 0.29) is 5.78 Å².